The molecule has 0 amide bonds. The molecule has 0 N–H and O–H groups in total. The fourth-order valence-electron chi connectivity index (χ4n) is 2.47. The molecule has 1 saturated carbocycles. The van der Waals surface area contributed by atoms with Gasteiger partial charge in [-0.1, -0.05) is 19.1 Å². The average Bonchev–Trinajstić information content (AvgIpc) is 2.83. The lowest BCUT2D eigenvalue weighted by molar-refractivity contribution is 0.644. The van der Waals surface area contributed by atoms with Crippen molar-refractivity contribution in [1.29, 1.82) is 0 Å². The fraction of sp³-hybridized carbons (Fsp3) is 0.500. The Bertz CT molecular complexity index is 359. The van der Waals surface area contributed by atoms with Gasteiger partial charge in [-0.3, -0.25) is 0 Å². The zero-order valence-corrected chi connectivity index (χ0v) is 8.03. The Hall–Kier alpha value is -0.980. The van der Waals surface area contributed by atoms with E-state index in [4.69, 9.17) is 0 Å². The first-order chi connectivity index (χ1) is 6.40. The second kappa shape index (κ2) is 2.50. The van der Waals surface area contributed by atoms with E-state index in [2.05, 4.69) is 35.9 Å². The van der Waals surface area contributed by atoms with E-state index < -0.39 is 0 Å². The van der Waals surface area contributed by atoms with Crippen LogP contribution in [0.15, 0.2) is 18.3 Å². The van der Waals surface area contributed by atoms with Crippen molar-refractivity contribution < 1.29 is 0 Å². The fourth-order valence-corrected chi connectivity index (χ4v) is 2.47. The monoisotopic (exact) mass is 173 g/mol. The summed E-state index contributed by atoms with van der Waals surface area (Å²) < 4.78 is 2.45. The summed E-state index contributed by atoms with van der Waals surface area (Å²) in [5.74, 6) is 1.74. The van der Waals surface area contributed by atoms with Gasteiger partial charge < -0.3 is 4.57 Å². The maximum Gasteiger partial charge on any atom is 0.0284 e. The molecule has 68 valence electrons. The van der Waals surface area contributed by atoms with Crippen LogP contribution in [0.4, 0.5) is 0 Å². The Morgan fingerprint density at radius 3 is 3.31 bits per heavy atom. The van der Waals surface area contributed by atoms with E-state index in [0.29, 0.717) is 0 Å². The zero-order valence-electron chi connectivity index (χ0n) is 8.03. The molecule has 0 radical (unpaired) electrons. The van der Waals surface area contributed by atoms with E-state index in [1.54, 1.807) is 5.69 Å². The number of allylic oxidation sites excluding steroid dienone is 1. The first-order valence-electron chi connectivity index (χ1n) is 5.27. The molecule has 0 bridgehead atoms. The van der Waals surface area contributed by atoms with Gasteiger partial charge in [0.2, 0.25) is 0 Å². The van der Waals surface area contributed by atoms with Crippen LogP contribution in [0.5, 0.6) is 0 Å². The Morgan fingerprint density at radius 1 is 1.54 bits per heavy atom. The Morgan fingerprint density at radius 2 is 2.46 bits per heavy atom. The minimum atomic E-state index is 0.863. The van der Waals surface area contributed by atoms with Crippen LogP contribution >= 0.6 is 0 Å². The molecule has 1 heterocycles. The largest absolute Gasteiger partial charge is 0.351 e. The third kappa shape index (κ3) is 0.995. The second-order valence-corrected chi connectivity index (χ2v) is 4.21. The van der Waals surface area contributed by atoms with Crippen molar-refractivity contribution in [2.45, 2.75) is 32.2 Å². The van der Waals surface area contributed by atoms with Crippen molar-refractivity contribution in [2.24, 2.45) is 5.92 Å². The first-order valence-corrected chi connectivity index (χ1v) is 5.27. The van der Waals surface area contributed by atoms with Gasteiger partial charge in [-0.05, 0) is 30.4 Å². The molecular formula is C12H15N. The summed E-state index contributed by atoms with van der Waals surface area (Å²) in [6.07, 6.45) is 9.55. The molecular weight excluding hydrogens is 158 g/mol. The SMILES string of the molecule is CCCn1ccc2c1C1CC1C=C2. The van der Waals surface area contributed by atoms with Gasteiger partial charge >= 0.3 is 0 Å². The number of hydrogen-bond donors (Lipinski definition) is 0. The highest BCUT2D eigenvalue weighted by atomic mass is 15.0. The normalized spacial score (nSPS) is 28.4. The van der Waals surface area contributed by atoms with Crippen molar-refractivity contribution in [3.05, 3.63) is 29.6 Å². The minimum Gasteiger partial charge on any atom is -0.351 e. The maximum atomic E-state index is 2.45. The highest BCUT2D eigenvalue weighted by Gasteiger charge is 2.41. The molecule has 1 fully saturated rings. The van der Waals surface area contributed by atoms with E-state index in [-0.39, 0.29) is 0 Å². The van der Waals surface area contributed by atoms with E-state index in [9.17, 15) is 0 Å². The molecule has 0 spiro atoms. The van der Waals surface area contributed by atoms with Crippen LogP contribution < -0.4 is 0 Å². The standard InChI is InChI=1S/C12H15N/c1-2-6-13-7-5-9-3-4-10-8-11(10)12(9)13/h3-5,7,10-11H,2,6,8H2,1H3. The molecule has 1 aromatic rings. The summed E-state index contributed by atoms with van der Waals surface area (Å²) in [7, 11) is 0. The van der Waals surface area contributed by atoms with Crippen LogP contribution in [-0.2, 0) is 6.54 Å². The van der Waals surface area contributed by atoms with Crippen molar-refractivity contribution >= 4 is 6.08 Å². The van der Waals surface area contributed by atoms with Crippen LogP contribution in [0.2, 0.25) is 0 Å². The second-order valence-electron chi connectivity index (χ2n) is 4.21. The predicted octanol–water partition coefficient (Wildman–Crippen LogP) is 3.03. The van der Waals surface area contributed by atoms with Crippen molar-refractivity contribution in [1.82, 2.24) is 4.57 Å². The summed E-state index contributed by atoms with van der Waals surface area (Å²) in [5, 5.41) is 0. The summed E-state index contributed by atoms with van der Waals surface area (Å²) in [6, 6.07) is 2.26. The van der Waals surface area contributed by atoms with E-state index in [1.807, 2.05) is 0 Å². The summed E-state index contributed by atoms with van der Waals surface area (Å²) >= 11 is 0. The molecule has 0 aliphatic heterocycles. The summed E-state index contributed by atoms with van der Waals surface area (Å²) in [4.78, 5) is 0. The lowest BCUT2D eigenvalue weighted by atomic mass is 10.1. The van der Waals surface area contributed by atoms with E-state index >= 15 is 0 Å². The molecule has 0 aromatic carbocycles. The molecule has 1 aromatic heterocycles. The lowest BCUT2D eigenvalue weighted by Gasteiger charge is -2.10. The molecule has 2 atom stereocenters. The molecule has 2 aliphatic carbocycles. The smallest absolute Gasteiger partial charge is 0.0284 e. The zero-order chi connectivity index (χ0) is 8.84. The topological polar surface area (TPSA) is 4.93 Å². The Balaban J connectivity index is 2.05. The highest BCUT2D eigenvalue weighted by molar-refractivity contribution is 5.59. The third-order valence-electron chi connectivity index (χ3n) is 3.22. The highest BCUT2D eigenvalue weighted by Crippen LogP contribution is 2.52. The van der Waals surface area contributed by atoms with Gasteiger partial charge in [0, 0.05) is 24.4 Å². The van der Waals surface area contributed by atoms with Crippen LogP contribution in [0, 0.1) is 5.92 Å². The van der Waals surface area contributed by atoms with Gasteiger partial charge in [0.05, 0.1) is 0 Å². The third-order valence-corrected chi connectivity index (χ3v) is 3.22. The lowest BCUT2D eigenvalue weighted by Crippen LogP contribution is -2.02. The van der Waals surface area contributed by atoms with Gasteiger partial charge in [-0.25, -0.2) is 0 Å². The van der Waals surface area contributed by atoms with Crippen LogP contribution in [-0.4, -0.2) is 4.57 Å². The molecule has 3 rings (SSSR count). The molecule has 13 heavy (non-hydrogen) atoms. The average molecular weight is 173 g/mol. The molecule has 2 aliphatic rings. The van der Waals surface area contributed by atoms with Crippen LogP contribution in [0.3, 0.4) is 0 Å². The Kier molecular flexibility index (Phi) is 1.43. The number of nitrogens with zero attached hydrogens (tertiary/aromatic N) is 1. The molecule has 2 unspecified atom stereocenters. The number of fused-ring (bicyclic) bond motifs is 3. The van der Waals surface area contributed by atoms with Crippen molar-refractivity contribution in [3.63, 3.8) is 0 Å². The van der Waals surface area contributed by atoms with Gasteiger partial charge in [0.1, 0.15) is 0 Å². The quantitative estimate of drug-likeness (QED) is 0.648. The Labute approximate surface area is 79.1 Å². The van der Waals surface area contributed by atoms with E-state index in [0.717, 1.165) is 11.8 Å². The molecule has 1 nitrogen and oxygen atoms in total. The van der Waals surface area contributed by atoms with Crippen molar-refractivity contribution in [3.8, 4) is 0 Å². The minimum absolute atomic E-state index is 0.863. The van der Waals surface area contributed by atoms with Gasteiger partial charge in [0.15, 0.2) is 0 Å². The predicted molar refractivity (Wildman–Crippen MR) is 54.6 cm³/mol. The number of hydrogen-bond acceptors (Lipinski definition) is 0. The molecule has 1 heteroatoms. The molecule has 0 saturated heterocycles. The van der Waals surface area contributed by atoms with Crippen LogP contribution in [0.25, 0.3) is 6.08 Å². The summed E-state index contributed by atoms with van der Waals surface area (Å²) in [5.41, 5.74) is 3.07. The number of aromatic nitrogens is 1. The van der Waals surface area contributed by atoms with Gasteiger partial charge in [-0.2, -0.15) is 0 Å². The number of rotatable bonds is 2. The maximum absolute atomic E-state index is 2.45. The number of aryl methyl sites for hydroxylation is 1. The van der Waals surface area contributed by atoms with Crippen LogP contribution in [0.1, 0.15) is 36.9 Å². The summed E-state index contributed by atoms with van der Waals surface area (Å²) in [6.45, 7) is 3.43. The van der Waals surface area contributed by atoms with Crippen molar-refractivity contribution in [2.75, 3.05) is 0 Å². The van der Waals surface area contributed by atoms with Gasteiger partial charge in [-0.15, -0.1) is 0 Å². The van der Waals surface area contributed by atoms with Gasteiger partial charge in [0.25, 0.3) is 0 Å². The van der Waals surface area contributed by atoms with E-state index in [1.165, 1.54) is 24.9 Å². The first kappa shape index (κ1) is 7.43.